The second kappa shape index (κ2) is 6.30. The smallest absolute Gasteiger partial charge is 0.232 e. The molecule has 1 aliphatic carbocycles. The Balaban J connectivity index is 1.79. The summed E-state index contributed by atoms with van der Waals surface area (Å²) in [6, 6.07) is 2.06. The Bertz CT molecular complexity index is 313. The highest BCUT2D eigenvalue weighted by molar-refractivity contribution is 8.00. The van der Waals surface area contributed by atoms with Crippen molar-refractivity contribution in [3.05, 3.63) is 0 Å². The van der Waals surface area contributed by atoms with Gasteiger partial charge in [0.25, 0.3) is 0 Å². The molecule has 4 heteroatoms. The van der Waals surface area contributed by atoms with Crippen molar-refractivity contribution >= 4 is 17.7 Å². The molecule has 2 fully saturated rings. The topological polar surface area (TPSA) is 44.1 Å². The molecule has 1 saturated carbocycles. The zero-order chi connectivity index (χ0) is 12.1. The van der Waals surface area contributed by atoms with Crippen LogP contribution in [0.25, 0.3) is 0 Å². The lowest BCUT2D eigenvalue weighted by Crippen LogP contribution is -2.45. The first-order chi connectivity index (χ1) is 8.31. The number of piperidine rings is 1. The molecule has 1 saturated heterocycles. The lowest BCUT2D eigenvalue weighted by molar-refractivity contribution is -0.131. The first-order valence-electron chi connectivity index (χ1n) is 6.53. The molecule has 2 aliphatic rings. The van der Waals surface area contributed by atoms with Crippen LogP contribution in [0.2, 0.25) is 0 Å². The molecule has 1 aliphatic heterocycles. The van der Waals surface area contributed by atoms with Gasteiger partial charge in [0, 0.05) is 13.1 Å². The van der Waals surface area contributed by atoms with E-state index >= 15 is 0 Å². The van der Waals surface area contributed by atoms with Gasteiger partial charge in [-0.05, 0) is 24.7 Å². The molecule has 2 unspecified atom stereocenters. The van der Waals surface area contributed by atoms with Crippen molar-refractivity contribution in [3.8, 4) is 6.07 Å². The first kappa shape index (κ1) is 12.8. The monoisotopic (exact) mass is 252 g/mol. The minimum absolute atomic E-state index is 0.231. The summed E-state index contributed by atoms with van der Waals surface area (Å²) < 4.78 is 0. The highest BCUT2D eigenvalue weighted by atomic mass is 32.2. The van der Waals surface area contributed by atoms with Crippen LogP contribution >= 0.6 is 11.8 Å². The Morgan fingerprint density at radius 1 is 1.29 bits per heavy atom. The minimum Gasteiger partial charge on any atom is -0.342 e. The van der Waals surface area contributed by atoms with Gasteiger partial charge in [-0.3, -0.25) is 4.79 Å². The third kappa shape index (κ3) is 3.38. The maximum absolute atomic E-state index is 11.9. The van der Waals surface area contributed by atoms with E-state index in [1.807, 2.05) is 4.90 Å². The van der Waals surface area contributed by atoms with Crippen molar-refractivity contribution < 1.29 is 4.79 Å². The van der Waals surface area contributed by atoms with Crippen LogP contribution in [0, 0.1) is 23.2 Å². The van der Waals surface area contributed by atoms with E-state index in [4.69, 9.17) is 5.26 Å². The number of fused-ring (bicyclic) bond motifs is 1. The van der Waals surface area contributed by atoms with Gasteiger partial charge in [0.2, 0.25) is 5.91 Å². The van der Waals surface area contributed by atoms with Crippen molar-refractivity contribution in [2.45, 2.75) is 32.1 Å². The van der Waals surface area contributed by atoms with E-state index in [0.717, 1.165) is 24.9 Å². The van der Waals surface area contributed by atoms with E-state index in [1.54, 1.807) is 0 Å². The lowest BCUT2D eigenvalue weighted by atomic mass is 9.75. The fourth-order valence-corrected chi connectivity index (χ4v) is 3.65. The van der Waals surface area contributed by atoms with Gasteiger partial charge in [0.05, 0.1) is 17.6 Å². The van der Waals surface area contributed by atoms with Crippen molar-refractivity contribution in [3.63, 3.8) is 0 Å². The molecule has 3 nitrogen and oxygen atoms in total. The van der Waals surface area contributed by atoms with Gasteiger partial charge < -0.3 is 4.90 Å². The van der Waals surface area contributed by atoms with Crippen molar-refractivity contribution in [1.29, 1.82) is 5.26 Å². The van der Waals surface area contributed by atoms with Crippen LogP contribution in [-0.4, -0.2) is 35.4 Å². The van der Waals surface area contributed by atoms with Gasteiger partial charge in [-0.1, -0.05) is 19.3 Å². The Morgan fingerprint density at radius 3 is 2.82 bits per heavy atom. The largest absolute Gasteiger partial charge is 0.342 e. The second-order valence-corrected chi connectivity index (χ2v) is 6.07. The summed E-state index contributed by atoms with van der Waals surface area (Å²) in [5.41, 5.74) is 0. The quantitative estimate of drug-likeness (QED) is 0.724. The van der Waals surface area contributed by atoms with E-state index in [9.17, 15) is 4.79 Å². The van der Waals surface area contributed by atoms with Crippen LogP contribution in [0.5, 0.6) is 0 Å². The third-order valence-electron chi connectivity index (χ3n) is 4.04. The van der Waals surface area contributed by atoms with Crippen LogP contribution in [-0.2, 0) is 4.79 Å². The number of nitrogens with zero attached hydrogens (tertiary/aromatic N) is 2. The van der Waals surface area contributed by atoms with E-state index in [2.05, 4.69) is 6.07 Å². The van der Waals surface area contributed by atoms with E-state index in [0.29, 0.717) is 11.5 Å². The highest BCUT2D eigenvalue weighted by Crippen LogP contribution is 2.36. The number of nitriles is 1. The zero-order valence-electron chi connectivity index (χ0n) is 10.2. The van der Waals surface area contributed by atoms with E-state index < -0.39 is 0 Å². The number of carbonyl (C=O) groups excluding carboxylic acids is 1. The molecule has 2 rings (SSSR count). The average molecular weight is 252 g/mol. The fourth-order valence-electron chi connectivity index (χ4n) is 3.10. The SMILES string of the molecule is N#CCSCC(=O)N1CCC2CCCCC2C1. The summed E-state index contributed by atoms with van der Waals surface area (Å²) in [4.78, 5) is 14.0. The Hall–Kier alpha value is -0.690. The van der Waals surface area contributed by atoms with Crippen molar-refractivity contribution in [2.24, 2.45) is 11.8 Å². The number of carbonyl (C=O) groups is 1. The lowest BCUT2D eigenvalue weighted by Gasteiger charge is -2.41. The number of amides is 1. The third-order valence-corrected chi connectivity index (χ3v) is 4.82. The molecule has 0 aromatic heterocycles. The number of thioether (sulfide) groups is 1. The van der Waals surface area contributed by atoms with Gasteiger partial charge in [0.15, 0.2) is 0 Å². The van der Waals surface area contributed by atoms with Gasteiger partial charge in [-0.2, -0.15) is 5.26 Å². The Labute approximate surface area is 108 Å². The molecular formula is C13H20N2OS. The molecule has 0 aromatic rings. The predicted molar refractivity (Wildman–Crippen MR) is 69.6 cm³/mol. The van der Waals surface area contributed by atoms with Gasteiger partial charge in [-0.25, -0.2) is 0 Å². The van der Waals surface area contributed by atoms with Crippen LogP contribution in [0.4, 0.5) is 0 Å². The van der Waals surface area contributed by atoms with Gasteiger partial charge in [-0.15, -0.1) is 11.8 Å². The molecule has 1 heterocycles. The molecule has 1 amide bonds. The molecule has 2 atom stereocenters. The normalized spacial score (nSPS) is 28.3. The first-order valence-corrected chi connectivity index (χ1v) is 7.69. The maximum Gasteiger partial charge on any atom is 0.232 e. The zero-order valence-corrected chi connectivity index (χ0v) is 11.0. The minimum atomic E-state index is 0.231. The molecule has 0 radical (unpaired) electrons. The molecular weight excluding hydrogens is 232 g/mol. The summed E-state index contributed by atoms with van der Waals surface area (Å²) in [6.07, 6.45) is 6.59. The predicted octanol–water partition coefficient (Wildman–Crippen LogP) is 2.28. The van der Waals surface area contributed by atoms with Crippen LogP contribution in [0.3, 0.4) is 0 Å². The summed E-state index contributed by atoms with van der Waals surface area (Å²) in [6.45, 7) is 1.91. The number of hydrogen-bond donors (Lipinski definition) is 0. The summed E-state index contributed by atoms with van der Waals surface area (Å²) in [7, 11) is 0. The number of rotatable bonds is 3. The molecule has 0 spiro atoms. The fraction of sp³-hybridized carbons (Fsp3) is 0.846. The standard InChI is InChI=1S/C13H20N2OS/c14-6-8-17-10-13(16)15-7-5-11-3-1-2-4-12(11)9-15/h11-12H,1-5,7-10H2. The van der Waals surface area contributed by atoms with Gasteiger partial charge in [0.1, 0.15) is 0 Å². The molecule has 94 valence electrons. The summed E-state index contributed by atoms with van der Waals surface area (Å²) in [5, 5.41) is 8.45. The highest BCUT2D eigenvalue weighted by Gasteiger charge is 2.32. The summed E-state index contributed by atoms with van der Waals surface area (Å²) >= 11 is 1.43. The molecule has 0 N–H and O–H groups in total. The van der Waals surface area contributed by atoms with Crippen LogP contribution in [0.1, 0.15) is 32.1 Å². The second-order valence-electron chi connectivity index (χ2n) is 5.08. The Morgan fingerprint density at radius 2 is 2.06 bits per heavy atom. The van der Waals surface area contributed by atoms with Crippen molar-refractivity contribution in [2.75, 3.05) is 24.6 Å². The number of hydrogen-bond acceptors (Lipinski definition) is 3. The van der Waals surface area contributed by atoms with Gasteiger partial charge >= 0.3 is 0 Å². The Kier molecular flexibility index (Phi) is 4.73. The summed E-state index contributed by atoms with van der Waals surface area (Å²) in [5.74, 6) is 2.76. The molecule has 0 aromatic carbocycles. The maximum atomic E-state index is 11.9. The van der Waals surface area contributed by atoms with Crippen molar-refractivity contribution in [1.82, 2.24) is 4.90 Å². The molecule has 17 heavy (non-hydrogen) atoms. The van der Waals surface area contributed by atoms with Crippen LogP contribution < -0.4 is 0 Å². The van der Waals surface area contributed by atoms with E-state index in [-0.39, 0.29) is 5.91 Å². The average Bonchev–Trinajstić information content (AvgIpc) is 2.38. The van der Waals surface area contributed by atoms with E-state index in [1.165, 1.54) is 43.9 Å². The van der Waals surface area contributed by atoms with Crippen LogP contribution in [0.15, 0.2) is 0 Å². The molecule has 0 bridgehead atoms. The number of likely N-dealkylation sites (tertiary alicyclic amines) is 1.